The summed E-state index contributed by atoms with van der Waals surface area (Å²) in [4.78, 5) is 24.2. The van der Waals surface area contributed by atoms with E-state index in [0.717, 1.165) is 24.2 Å². The van der Waals surface area contributed by atoms with Crippen molar-refractivity contribution >= 4 is 11.6 Å². The van der Waals surface area contributed by atoms with Crippen molar-refractivity contribution in [2.75, 3.05) is 6.61 Å². The minimum Gasteiger partial charge on any atom is -0.498 e. The Balaban J connectivity index is 1.97. The minimum absolute atomic E-state index is 0.0134. The summed E-state index contributed by atoms with van der Waals surface area (Å²) in [6, 6.07) is 5.84. The lowest BCUT2D eigenvalue weighted by Gasteiger charge is -2.17. The molecule has 0 saturated heterocycles. The van der Waals surface area contributed by atoms with Gasteiger partial charge < -0.3 is 4.74 Å². The van der Waals surface area contributed by atoms with Gasteiger partial charge in [-0.25, -0.2) is 4.39 Å². The molecule has 1 heterocycles. The van der Waals surface area contributed by atoms with Crippen LogP contribution in [0.3, 0.4) is 0 Å². The van der Waals surface area contributed by atoms with E-state index in [1.807, 2.05) is 13.0 Å². The van der Waals surface area contributed by atoms with Crippen LogP contribution < -0.4 is 0 Å². The molecule has 4 heteroatoms. The van der Waals surface area contributed by atoms with E-state index in [1.54, 1.807) is 13.0 Å². The van der Waals surface area contributed by atoms with Crippen LogP contribution in [0, 0.1) is 5.82 Å². The number of Topliss-reactive ketones (excluding diaryl/α,β-unsaturated/α-hetero) is 2. The van der Waals surface area contributed by atoms with E-state index >= 15 is 0 Å². The standard InChI is InChI=1S/C19H21FO3/c1-13(12-15-6-5-11-23-14(15)2)18(21)9-10-19(22)16-7-3-4-8-17(16)20/h3-4,7-8,12H,5-6,9-11H2,1-2H3. The Morgan fingerprint density at radius 1 is 1.26 bits per heavy atom. The maximum absolute atomic E-state index is 13.5. The third kappa shape index (κ3) is 4.62. The number of halogens is 1. The molecule has 122 valence electrons. The number of ketones is 2. The summed E-state index contributed by atoms with van der Waals surface area (Å²) in [5, 5.41) is 0. The molecular formula is C19H21FO3. The van der Waals surface area contributed by atoms with Gasteiger partial charge in [0.25, 0.3) is 0 Å². The van der Waals surface area contributed by atoms with Gasteiger partial charge in [-0.05, 0) is 56.0 Å². The highest BCUT2D eigenvalue weighted by molar-refractivity contribution is 6.01. The lowest BCUT2D eigenvalue weighted by molar-refractivity contribution is -0.115. The number of rotatable bonds is 6. The highest BCUT2D eigenvalue weighted by Crippen LogP contribution is 2.21. The van der Waals surface area contributed by atoms with Crippen molar-refractivity contribution in [3.05, 3.63) is 58.6 Å². The normalized spacial score (nSPS) is 15.3. The van der Waals surface area contributed by atoms with Gasteiger partial charge in [-0.15, -0.1) is 0 Å². The zero-order chi connectivity index (χ0) is 16.8. The summed E-state index contributed by atoms with van der Waals surface area (Å²) in [7, 11) is 0. The van der Waals surface area contributed by atoms with Crippen LogP contribution in [-0.4, -0.2) is 18.2 Å². The Kier molecular flexibility index (Phi) is 5.85. The Hall–Kier alpha value is -2.23. The Bertz CT molecular complexity index is 671. The molecule has 1 aromatic rings. The Morgan fingerprint density at radius 3 is 2.70 bits per heavy atom. The van der Waals surface area contributed by atoms with Crippen LogP contribution >= 0.6 is 0 Å². The first kappa shape index (κ1) is 17.1. The molecule has 3 nitrogen and oxygen atoms in total. The van der Waals surface area contributed by atoms with E-state index < -0.39 is 5.82 Å². The number of hydrogen-bond acceptors (Lipinski definition) is 3. The molecule has 0 bridgehead atoms. The molecule has 0 unspecified atom stereocenters. The number of carbonyl (C=O) groups is 2. The summed E-state index contributed by atoms with van der Waals surface area (Å²) >= 11 is 0. The van der Waals surface area contributed by atoms with E-state index in [-0.39, 0.29) is 30.0 Å². The first-order valence-electron chi connectivity index (χ1n) is 7.81. The molecule has 0 amide bonds. The molecule has 0 radical (unpaired) electrons. The van der Waals surface area contributed by atoms with E-state index in [1.165, 1.54) is 18.2 Å². The van der Waals surface area contributed by atoms with Crippen molar-refractivity contribution in [1.82, 2.24) is 0 Å². The van der Waals surface area contributed by atoms with Gasteiger partial charge in [0.2, 0.25) is 0 Å². The van der Waals surface area contributed by atoms with Gasteiger partial charge in [0.1, 0.15) is 5.82 Å². The van der Waals surface area contributed by atoms with Crippen LogP contribution in [0.15, 0.2) is 47.2 Å². The summed E-state index contributed by atoms with van der Waals surface area (Å²) in [5.74, 6) is -0.135. The largest absolute Gasteiger partial charge is 0.498 e. The average molecular weight is 316 g/mol. The minimum atomic E-state index is -0.544. The maximum Gasteiger partial charge on any atom is 0.166 e. The van der Waals surface area contributed by atoms with Crippen LogP contribution in [0.25, 0.3) is 0 Å². The average Bonchev–Trinajstić information content (AvgIpc) is 2.54. The molecule has 0 fully saturated rings. The second-order valence-corrected chi connectivity index (χ2v) is 5.69. The van der Waals surface area contributed by atoms with Crippen molar-refractivity contribution in [2.24, 2.45) is 0 Å². The maximum atomic E-state index is 13.5. The van der Waals surface area contributed by atoms with E-state index in [9.17, 15) is 14.0 Å². The number of hydrogen-bond donors (Lipinski definition) is 0. The van der Waals surface area contributed by atoms with Gasteiger partial charge in [0.15, 0.2) is 11.6 Å². The molecule has 0 N–H and O–H groups in total. The SMILES string of the molecule is CC(=CC1=C(C)OCCC1)C(=O)CCC(=O)c1ccccc1F. The lowest BCUT2D eigenvalue weighted by Crippen LogP contribution is -2.08. The van der Waals surface area contributed by atoms with Crippen molar-refractivity contribution in [2.45, 2.75) is 39.5 Å². The molecule has 1 aliphatic rings. The van der Waals surface area contributed by atoms with Crippen LogP contribution in [-0.2, 0) is 9.53 Å². The lowest BCUT2D eigenvalue weighted by atomic mass is 9.99. The third-order valence-corrected chi connectivity index (χ3v) is 3.95. The van der Waals surface area contributed by atoms with Crippen LogP contribution in [0.1, 0.15) is 49.9 Å². The molecule has 1 aliphatic heterocycles. The third-order valence-electron chi connectivity index (χ3n) is 3.95. The van der Waals surface area contributed by atoms with Gasteiger partial charge in [0, 0.05) is 12.8 Å². The molecular weight excluding hydrogens is 295 g/mol. The summed E-state index contributed by atoms with van der Waals surface area (Å²) < 4.78 is 19.0. The van der Waals surface area contributed by atoms with E-state index in [0.29, 0.717) is 12.2 Å². The topological polar surface area (TPSA) is 43.4 Å². The number of carbonyl (C=O) groups excluding carboxylic acids is 2. The summed E-state index contributed by atoms with van der Waals surface area (Å²) in [5.41, 5.74) is 1.68. The van der Waals surface area contributed by atoms with Crippen molar-refractivity contribution in [3.63, 3.8) is 0 Å². The summed E-state index contributed by atoms with van der Waals surface area (Å²) in [6.45, 7) is 4.35. The fraction of sp³-hybridized carbons (Fsp3) is 0.368. The van der Waals surface area contributed by atoms with Gasteiger partial charge in [0.05, 0.1) is 17.9 Å². The smallest absolute Gasteiger partial charge is 0.166 e. The molecule has 1 aromatic carbocycles. The molecule has 0 saturated carbocycles. The van der Waals surface area contributed by atoms with Crippen LogP contribution in [0.2, 0.25) is 0 Å². The van der Waals surface area contributed by atoms with Crippen molar-refractivity contribution in [1.29, 1.82) is 0 Å². The molecule has 0 atom stereocenters. The van der Waals surface area contributed by atoms with Gasteiger partial charge in [-0.3, -0.25) is 9.59 Å². The fourth-order valence-corrected chi connectivity index (χ4v) is 2.52. The zero-order valence-electron chi connectivity index (χ0n) is 13.5. The van der Waals surface area contributed by atoms with Gasteiger partial charge in [-0.1, -0.05) is 12.1 Å². The molecule has 0 aromatic heterocycles. The van der Waals surface area contributed by atoms with Gasteiger partial charge >= 0.3 is 0 Å². The molecule has 0 aliphatic carbocycles. The molecule has 0 spiro atoms. The number of ether oxygens (including phenoxy) is 1. The number of allylic oxidation sites excluding steroid dienone is 4. The van der Waals surface area contributed by atoms with Crippen LogP contribution in [0.5, 0.6) is 0 Å². The predicted molar refractivity (Wildman–Crippen MR) is 86.6 cm³/mol. The fourth-order valence-electron chi connectivity index (χ4n) is 2.52. The van der Waals surface area contributed by atoms with Crippen LogP contribution in [0.4, 0.5) is 4.39 Å². The zero-order valence-corrected chi connectivity index (χ0v) is 13.5. The van der Waals surface area contributed by atoms with E-state index in [2.05, 4.69) is 0 Å². The Labute approximate surface area is 135 Å². The van der Waals surface area contributed by atoms with Crippen molar-refractivity contribution in [3.8, 4) is 0 Å². The summed E-state index contributed by atoms with van der Waals surface area (Å²) in [6.07, 6.45) is 3.77. The molecule has 2 rings (SSSR count). The van der Waals surface area contributed by atoms with E-state index in [4.69, 9.17) is 4.74 Å². The first-order valence-corrected chi connectivity index (χ1v) is 7.81. The van der Waals surface area contributed by atoms with Gasteiger partial charge in [-0.2, -0.15) is 0 Å². The number of benzene rings is 1. The highest BCUT2D eigenvalue weighted by atomic mass is 19.1. The van der Waals surface area contributed by atoms with Crippen molar-refractivity contribution < 1.29 is 18.7 Å². The first-order chi connectivity index (χ1) is 11.0. The highest BCUT2D eigenvalue weighted by Gasteiger charge is 2.15. The molecule has 23 heavy (non-hydrogen) atoms. The monoisotopic (exact) mass is 316 g/mol. The second kappa shape index (κ2) is 7.86. The quantitative estimate of drug-likeness (QED) is 0.577. The second-order valence-electron chi connectivity index (χ2n) is 5.69. The predicted octanol–water partition coefficient (Wildman–Crippen LogP) is 4.39. The Morgan fingerprint density at radius 2 is 2.00 bits per heavy atom.